The van der Waals surface area contributed by atoms with Gasteiger partial charge in [0.2, 0.25) is 5.91 Å². The number of nitrogens with zero attached hydrogens (tertiary/aromatic N) is 2. The van der Waals surface area contributed by atoms with E-state index < -0.39 is 10.8 Å². The number of nitrogens with one attached hydrogen (secondary N) is 2. The third-order valence-corrected chi connectivity index (χ3v) is 4.66. The van der Waals surface area contributed by atoms with E-state index in [1.54, 1.807) is 12.1 Å². The van der Waals surface area contributed by atoms with Crippen LogP contribution >= 0.6 is 33.9 Å². The lowest BCUT2D eigenvalue weighted by Crippen LogP contribution is -2.13. The fourth-order valence-electron chi connectivity index (χ4n) is 1.73. The van der Waals surface area contributed by atoms with Crippen molar-refractivity contribution in [2.75, 3.05) is 10.6 Å². The molecule has 0 aliphatic heterocycles. The summed E-state index contributed by atoms with van der Waals surface area (Å²) in [6.07, 6.45) is 0. The SMILES string of the molecule is CC(=O)Nc1cc(C(=O)Nc2nc(C)c([N+](=O)[O-])s2)ccc1I. The van der Waals surface area contributed by atoms with Crippen molar-refractivity contribution in [1.29, 1.82) is 0 Å². The smallest absolute Gasteiger partial charge is 0.325 e. The second-order valence-corrected chi connectivity index (χ2v) is 6.64. The van der Waals surface area contributed by atoms with Gasteiger partial charge >= 0.3 is 5.00 Å². The van der Waals surface area contributed by atoms with E-state index in [0.29, 0.717) is 11.3 Å². The summed E-state index contributed by atoms with van der Waals surface area (Å²) in [6.45, 7) is 2.88. The number of nitro groups is 1. The molecule has 1 aromatic heterocycles. The van der Waals surface area contributed by atoms with Crippen molar-refractivity contribution < 1.29 is 14.5 Å². The van der Waals surface area contributed by atoms with E-state index in [4.69, 9.17) is 0 Å². The quantitative estimate of drug-likeness (QED) is 0.426. The maximum Gasteiger partial charge on any atom is 0.348 e. The van der Waals surface area contributed by atoms with Crippen LogP contribution in [0.3, 0.4) is 0 Å². The van der Waals surface area contributed by atoms with Crippen LogP contribution in [0.1, 0.15) is 23.0 Å². The average molecular weight is 446 g/mol. The third-order valence-electron chi connectivity index (χ3n) is 2.70. The zero-order valence-electron chi connectivity index (χ0n) is 12.0. The molecule has 2 N–H and O–H groups in total. The number of aromatic nitrogens is 1. The van der Waals surface area contributed by atoms with Crippen LogP contribution in [0.25, 0.3) is 0 Å². The van der Waals surface area contributed by atoms with Gasteiger partial charge in [0, 0.05) is 16.1 Å². The Kier molecular flexibility index (Phi) is 5.26. The van der Waals surface area contributed by atoms with Crippen LogP contribution < -0.4 is 10.6 Å². The summed E-state index contributed by atoms with van der Waals surface area (Å²) in [5.41, 5.74) is 1.08. The molecule has 120 valence electrons. The Morgan fingerprint density at radius 1 is 1.35 bits per heavy atom. The molecule has 0 saturated heterocycles. The van der Waals surface area contributed by atoms with Gasteiger partial charge in [-0.1, -0.05) is 0 Å². The molecular formula is C13H11IN4O4S. The number of thiazole rings is 1. The molecule has 0 aliphatic rings. The summed E-state index contributed by atoms with van der Waals surface area (Å²) >= 11 is 2.84. The van der Waals surface area contributed by atoms with Crippen LogP contribution in [-0.4, -0.2) is 21.7 Å². The van der Waals surface area contributed by atoms with Gasteiger partial charge < -0.3 is 5.32 Å². The Morgan fingerprint density at radius 3 is 2.61 bits per heavy atom. The standard InChI is InChI=1S/C13H11IN4O4S/c1-6-12(18(21)22)23-13(15-6)17-11(20)8-3-4-9(14)10(5-8)16-7(2)19/h3-5H,1-2H3,(H,16,19)(H,15,17,20). The molecule has 0 saturated carbocycles. The van der Waals surface area contributed by atoms with E-state index in [9.17, 15) is 19.7 Å². The van der Waals surface area contributed by atoms with Gasteiger partial charge in [0.1, 0.15) is 5.69 Å². The molecule has 2 rings (SSSR count). The minimum Gasteiger partial charge on any atom is -0.325 e. The minimum atomic E-state index is -0.539. The third kappa shape index (κ3) is 4.22. The molecule has 23 heavy (non-hydrogen) atoms. The number of rotatable bonds is 4. The minimum absolute atomic E-state index is 0.109. The Bertz CT molecular complexity index is 805. The predicted molar refractivity (Wildman–Crippen MR) is 94.9 cm³/mol. The van der Waals surface area contributed by atoms with Gasteiger partial charge in [0.15, 0.2) is 5.13 Å². The molecule has 0 atom stereocenters. The number of hydrogen-bond acceptors (Lipinski definition) is 6. The summed E-state index contributed by atoms with van der Waals surface area (Å²) in [5, 5.41) is 16.0. The topological polar surface area (TPSA) is 114 Å². The Morgan fingerprint density at radius 2 is 2.04 bits per heavy atom. The summed E-state index contributed by atoms with van der Waals surface area (Å²) in [4.78, 5) is 37.6. The second-order valence-electron chi connectivity index (χ2n) is 4.50. The molecule has 2 amide bonds. The monoisotopic (exact) mass is 446 g/mol. The molecule has 1 aromatic carbocycles. The van der Waals surface area contributed by atoms with E-state index in [-0.39, 0.29) is 21.7 Å². The highest BCUT2D eigenvalue weighted by molar-refractivity contribution is 14.1. The van der Waals surface area contributed by atoms with Crippen molar-refractivity contribution in [3.63, 3.8) is 0 Å². The molecule has 10 heteroatoms. The first-order valence-electron chi connectivity index (χ1n) is 6.28. The van der Waals surface area contributed by atoms with Crippen molar-refractivity contribution in [3.05, 3.63) is 43.1 Å². The van der Waals surface area contributed by atoms with Crippen LogP contribution in [-0.2, 0) is 4.79 Å². The van der Waals surface area contributed by atoms with Gasteiger partial charge in [-0.3, -0.25) is 25.0 Å². The lowest BCUT2D eigenvalue weighted by atomic mass is 10.2. The molecule has 0 aliphatic carbocycles. The summed E-state index contributed by atoms with van der Waals surface area (Å²) in [7, 11) is 0. The van der Waals surface area contributed by atoms with Crippen LogP contribution in [0.4, 0.5) is 15.8 Å². The molecule has 1 heterocycles. The molecule has 0 unspecified atom stereocenters. The molecule has 8 nitrogen and oxygen atoms in total. The van der Waals surface area contributed by atoms with Gasteiger partial charge in [0.25, 0.3) is 5.91 Å². The van der Waals surface area contributed by atoms with E-state index in [0.717, 1.165) is 14.9 Å². The highest BCUT2D eigenvalue weighted by atomic mass is 127. The lowest BCUT2D eigenvalue weighted by Gasteiger charge is -2.08. The largest absolute Gasteiger partial charge is 0.348 e. The molecule has 2 aromatic rings. The Hall–Kier alpha value is -2.08. The molecule has 0 radical (unpaired) electrons. The van der Waals surface area contributed by atoms with E-state index in [1.165, 1.54) is 19.9 Å². The van der Waals surface area contributed by atoms with E-state index in [2.05, 4.69) is 15.6 Å². The molecule has 0 spiro atoms. The van der Waals surface area contributed by atoms with Crippen LogP contribution in [0.5, 0.6) is 0 Å². The Labute approximate surface area is 148 Å². The number of hydrogen-bond donors (Lipinski definition) is 2. The maximum absolute atomic E-state index is 12.2. The number of halogens is 1. The van der Waals surface area contributed by atoms with Crippen molar-refractivity contribution >= 4 is 61.6 Å². The summed E-state index contributed by atoms with van der Waals surface area (Å²) < 4.78 is 0.787. The second kappa shape index (κ2) is 7.00. The summed E-state index contributed by atoms with van der Waals surface area (Å²) in [6, 6.07) is 4.82. The zero-order chi connectivity index (χ0) is 17.1. The first-order chi connectivity index (χ1) is 10.8. The van der Waals surface area contributed by atoms with E-state index in [1.807, 2.05) is 22.6 Å². The Balaban J connectivity index is 2.22. The van der Waals surface area contributed by atoms with Gasteiger partial charge in [-0.25, -0.2) is 4.98 Å². The highest BCUT2D eigenvalue weighted by Gasteiger charge is 2.19. The van der Waals surface area contributed by atoms with Crippen molar-refractivity contribution in [2.45, 2.75) is 13.8 Å². The number of carbonyl (C=O) groups is 2. The zero-order valence-corrected chi connectivity index (χ0v) is 15.0. The van der Waals surface area contributed by atoms with Crippen LogP contribution in [0, 0.1) is 20.6 Å². The molecular weight excluding hydrogens is 435 g/mol. The predicted octanol–water partition coefficient (Wildman–Crippen LogP) is 3.18. The number of anilines is 2. The number of aryl methyl sites for hydroxylation is 1. The normalized spacial score (nSPS) is 10.2. The van der Waals surface area contributed by atoms with Gasteiger partial charge in [0.05, 0.1) is 10.6 Å². The number of benzene rings is 1. The fraction of sp³-hybridized carbons (Fsp3) is 0.154. The van der Waals surface area contributed by atoms with Gasteiger partial charge in [-0.2, -0.15) is 0 Å². The van der Waals surface area contributed by atoms with Crippen LogP contribution in [0.15, 0.2) is 18.2 Å². The highest BCUT2D eigenvalue weighted by Crippen LogP contribution is 2.30. The van der Waals surface area contributed by atoms with Gasteiger partial charge in [-0.15, -0.1) is 0 Å². The van der Waals surface area contributed by atoms with Gasteiger partial charge in [-0.05, 0) is 59.1 Å². The number of carbonyl (C=O) groups excluding carboxylic acids is 2. The number of amides is 2. The van der Waals surface area contributed by atoms with E-state index >= 15 is 0 Å². The lowest BCUT2D eigenvalue weighted by molar-refractivity contribution is -0.380. The van der Waals surface area contributed by atoms with Crippen molar-refractivity contribution in [3.8, 4) is 0 Å². The summed E-state index contributed by atoms with van der Waals surface area (Å²) in [5.74, 6) is -0.705. The maximum atomic E-state index is 12.2. The van der Waals surface area contributed by atoms with Crippen molar-refractivity contribution in [1.82, 2.24) is 4.98 Å². The first-order valence-corrected chi connectivity index (χ1v) is 8.17. The molecule has 0 bridgehead atoms. The fourth-order valence-corrected chi connectivity index (χ4v) is 2.98. The first kappa shape index (κ1) is 17.3. The molecule has 0 fully saturated rings. The van der Waals surface area contributed by atoms with Crippen LogP contribution in [0.2, 0.25) is 0 Å². The average Bonchev–Trinajstić information content (AvgIpc) is 2.81. The van der Waals surface area contributed by atoms with Crippen molar-refractivity contribution in [2.24, 2.45) is 0 Å².